The summed E-state index contributed by atoms with van der Waals surface area (Å²) in [6.45, 7) is 5.63. The van der Waals surface area contributed by atoms with Crippen LogP contribution in [-0.2, 0) is 6.54 Å². The predicted octanol–water partition coefficient (Wildman–Crippen LogP) is 4.07. The van der Waals surface area contributed by atoms with Gasteiger partial charge in [-0.3, -0.25) is 4.90 Å². The highest BCUT2D eigenvalue weighted by atomic mass is 32.1. The fraction of sp³-hybridized carbons (Fsp3) is 0.417. The molecule has 164 valence electrons. The Hall–Kier alpha value is -2.64. The number of para-hydroxylation sites is 1. The van der Waals surface area contributed by atoms with Crippen LogP contribution in [0.2, 0.25) is 0 Å². The number of rotatable bonds is 7. The summed E-state index contributed by atoms with van der Waals surface area (Å²) < 4.78 is 1.90. The van der Waals surface area contributed by atoms with E-state index in [2.05, 4.69) is 64.2 Å². The summed E-state index contributed by atoms with van der Waals surface area (Å²) in [5, 5.41) is 13.7. The normalized spacial score (nSPS) is 20.0. The van der Waals surface area contributed by atoms with Crippen molar-refractivity contribution in [3.63, 3.8) is 0 Å². The van der Waals surface area contributed by atoms with Crippen molar-refractivity contribution in [2.45, 2.75) is 32.4 Å². The first kappa shape index (κ1) is 21.6. The van der Waals surface area contributed by atoms with Gasteiger partial charge in [0.2, 0.25) is 0 Å². The van der Waals surface area contributed by atoms with Crippen LogP contribution in [0, 0.1) is 5.92 Å². The van der Waals surface area contributed by atoms with E-state index in [1.165, 1.54) is 24.3 Å². The molecular formula is C24H32N6S. The Bertz CT molecular complexity index is 950. The summed E-state index contributed by atoms with van der Waals surface area (Å²) in [7, 11) is 2.25. The molecule has 7 heteroatoms. The summed E-state index contributed by atoms with van der Waals surface area (Å²) in [5.74, 6) is 1.44. The molecule has 1 saturated heterocycles. The van der Waals surface area contributed by atoms with Crippen LogP contribution in [0.4, 0.5) is 0 Å². The summed E-state index contributed by atoms with van der Waals surface area (Å²) in [4.78, 5) is 8.78. The zero-order valence-corrected chi connectivity index (χ0v) is 19.2. The fourth-order valence-electron chi connectivity index (χ4n) is 4.29. The van der Waals surface area contributed by atoms with Gasteiger partial charge in [0.25, 0.3) is 0 Å². The van der Waals surface area contributed by atoms with Crippen LogP contribution >= 0.6 is 11.3 Å². The lowest BCUT2D eigenvalue weighted by Crippen LogP contribution is -2.44. The van der Waals surface area contributed by atoms with E-state index in [9.17, 15) is 0 Å². The molecule has 0 bridgehead atoms. The molecule has 0 saturated carbocycles. The first-order valence-electron chi connectivity index (χ1n) is 11.1. The molecule has 0 spiro atoms. The monoisotopic (exact) mass is 436 g/mol. The number of nitrogens with zero attached hydrogens (tertiary/aromatic N) is 4. The maximum Gasteiger partial charge on any atom is 0.191 e. The second kappa shape index (κ2) is 10.6. The third kappa shape index (κ3) is 5.54. The van der Waals surface area contributed by atoms with Crippen molar-refractivity contribution in [2.75, 3.05) is 26.7 Å². The molecule has 0 amide bonds. The minimum Gasteiger partial charge on any atom is -0.357 e. The van der Waals surface area contributed by atoms with Crippen LogP contribution in [0.5, 0.6) is 0 Å². The average Bonchev–Trinajstić information content (AvgIpc) is 3.49. The molecule has 0 aliphatic carbocycles. The standard InChI is InChI=1S/C24H32N6S/c1-3-25-24(26-15-19-16-28-30(18-19)21-10-5-4-6-11-21)27-17-20-9-7-13-29(2)23(20)22-12-8-14-31-22/h4-6,8,10-12,14,16,18,20,23H,3,7,9,13,15,17H2,1-2H3,(H2,25,26,27). The fourth-order valence-corrected chi connectivity index (χ4v) is 5.27. The smallest absolute Gasteiger partial charge is 0.191 e. The number of hydrogen-bond donors (Lipinski definition) is 2. The van der Waals surface area contributed by atoms with E-state index in [0.717, 1.165) is 30.3 Å². The molecule has 2 N–H and O–H groups in total. The maximum atomic E-state index is 4.81. The molecule has 1 aliphatic heterocycles. The third-order valence-electron chi connectivity index (χ3n) is 5.79. The Labute approximate surface area is 189 Å². The lowest BCUT2D eigenvalue weighted by atomic mass is 9.88. The molecule has 6 nitrogen and oxygen atoms in total. The van der Waals surface area contributed by atoms with Gasteiger partial charge in [0.15, 0.2) is 5.96 Å². The zero-order chi connectivity index (χ0) is 21.5. The van der Waals surface area contributed by atoms with Crippen LogP contribution in [-0.4, -0.2) is 47.3 Å². The number of benzene rings is 1. The van der Waals surface area contributed by atoms with Gasteiger partial charge < -0.3 is 10.6 Å². The lowest BCUT2D eigenvalue weighted by molar-refractivity contribution is 0.125. The molecule has 1 fully saturated rings. The summed E-state index contributed by atoms with van der Waals surface area (Å²) in [6.07, 6.45) is 6.43. The van der Waals surface area contributed by atoms with Crippen LogP contribution in [0.25, 0.3) is 5.69 Å². The quantitative estimate of drug-likeness (QED) is 0.433. The minimum absolute atomic E-state index is 0.480. The number of hydrogen-bond acceptors (Lipinski definition) is 4. The van der Waals surface area contributed by atoms with Crippen molar-refractivity contribution < 1.29 is 0 Å². The molecule has 1 aromatic carbocycles. The van der Waals surface area contributed by atoms with Crippen molar-refractivity contribution >= 4 is 17.3 Å². The summed E-state index contributed by atoms with van der Waals surface area (Å²) >= 11 is 1.86. The molecule has 2 unspecified atom stereocenters. The summed E-state index contributed by atoms with van der Waals surface area (Å²) in [6, 6.07) is 15.1. The van der Waals surface area contributed by atoms with Gasteiger partial charge >= 0.3 is 0 Å². The molecule has 2 aromatic heterocycles. The van der Waals surface area contributed by atoms with Crippen molar-refractivity contribution in [3.05, 3.63) is 70.7 Å². The average molecular weight is 437 g/mol. The largest absolute Gasteiger partial charge is 0.357 e. The molecular weight excluding hydrogens is 404 g/mol. The van der Waals surface area contributed by atoms with Crippen molar-refractivity contribution in [1.82, 2.24) is 25.3 Å². The van der Waals surface area contributed by atoms with Gasteiger partial charge in [0.1, 0.15) is 0 Å². The molecule has 4 rings (SSSR count). The number of likely N-dealkylation sites (tertiary alicyclic amines) is 1. The Balaban J connectivity index is 1.39. The van der Waals surface area contributed by atoms with Crippen LogP contribution in [0.3, 0.4) is 0 Å². The van der Waals surface area contributed by atoms with Gasteiger partial charge in [-0.25, -0.2) is 9.67 Å². The zero-order valence-electron chi connectivity index (χ0n) is 18.4. The number of nitrogens with one attached hydrogen (secondary N) is 2. The lowest BCUT2D eigenvalue weighted by Gasteiger charge is -2.39. The van der Waals surface area contributed by atoms with E-state index in [-0.39, 0.29) is 0 Å². The minimum atomic E-state index is 0.480. The first-order valence-corrected chi connectivity index (χ1v) is 12.0. The highest BCUT2D eigenvalue weighted by molar-refractivity contribution is 7.10. The highest BCUT2D eigenvalue weighted by Gasteiger charge is 2.31. The van der Waals surface area contributed by atoms with Crippen molar-refractivity contribution in [2.24, 2.45) is 10.9 Å². The van der Waals surface area contributed by atoms with Gasteiger partial charge in [-0.1, -0.05) is 24.3 Å². The van der Waals surface area contributed by atoms with Crippen LogP contribution < -0.4 is 10.6 Å². The van der Waals surface area contributed by atoms with Gasteiger partial charge in [0, 0.05) is 35.8 Å². The molecule has 3 heterocycles. The van der Waals surface area contributed by atoms with E-state index in [1.807, 2.05) is 46.6 Å². The van der Waals surface area contributed by atoms with Crippen LogP contribution in [0.15, 0.2) is 65.2 Å². The predicted molar refractivity (Wildman–Crippen MR) is 129 cm³/mol. The van der Waals surface area contributed by atoms with E-state index in [0.29, 0.717) is 18.5 Å². The van der Waals surface area contributed by atoms with E-state index in [1.54, 1.807) is 0 Å². The molecule has 0 radical (unpaired) electrons. The summed E-state index contributed by atoms with van der Waals surface area (Å²) in [5.41, 5.74) is 2.15. The van der Waals surface area contributed by atoms with Crippen molar-refractivity contribution in [3.8, 4) is 5.69 Å². The van der Waals surface area contributed by atoms with Crippen LogP contribution in [0.1, 0.15) is 36.2 Å². The SMILES string of the molecule is CCNC(=NCc1cnn(-c2ccccc2)c1)NCC1CCCN(C)C1c1cccs1. The Morgan fingerprint density at radius 2 is 2.06 bits per heavy atom. The topological polar surface area (TPSA) is 57.5 Å². The number of piperidine rings is 1. The second-order valence-corrected chi connectivity index (χ2v) is 9.03. The first-order chi connectivity index (χ1) is 15.2. The van der Waals surface area contributed by atoms with Gasteiger partial charge in [-0.2, -0.15) is 5.10 Å². The molecule has 3 aromatic rings. The number of thiophene rings is 1. The number of guanidine groups is 1. The van der Waals surface area contributed by atoms with Crippen molar-refractivity contribution in [1.29, 1.82) is 0 Å². The number of aromatic nitrogens is 2. The van der Waals surface area contributed by atoms with E-state index in [4.69, 9.17) is 4.99 Å². The molecule has 2 atom stereocenters. The highest BCUT2D eigenvalue weighted by Crippen LogP contribution is 2.36. The molecule has 31 heavy (non-hydrogen) atoms. The maximum absolute atomic E-state index is 4.81. The Morgan fingerprint density at radius 1 is 1.19 bits per heavy atom. The Kier molecular flexibility index (Phi) is 7.38. The third-order valence-corrected chi connectivity index (χ3v) is 6.74. The van der Waals surface area contributed by atoms with Gasteiger partial charge in [-0.05, 0) is 62.9 Å². The van der Waals surface area contributed by atoms with Gasteiger partial charge in [-0.15, -0.1) is 11.3 Å². The van der Waals surface area contributed by atoms with E-state index < -0.39 is 0 Å². The van der Waals surface area contributed by atoms with Gasteiger partial charge in [0.05, 0.1) is 18.4 Å². The second-order valence-electron chi connectivity index (χ2n) is 8.05. The van der Waals surface area contributed by atoms with E-state index >= 15 is 0 Å². The molecule has 1 aliphatic rings. The number of aliphatic imine (C=N–C) groups is 1. The Morgan fingerprint density at radius 3 is 2.84 bits per heavy atom.